The molecule has 54 heavy (non-hydrogen) atoms. The number of para-hydroxylation sites is 3. The van der Waals surface area contributed by atoms with Crippen LogP contribution in [0.15, 0.2) is 185 Å². The van der Waals surface area contributed by atoms with Gasteiger partial charge in [0.2, 0.25) is 0 Å². The van der Waals surface area contributed by atoms with Crippen LogP contribution in [-0.2, 0) is 0 Å². The maximum absolute atomic E-state index is 6.51. The fraction of sp³-hybridized carbons (Fsp3) is 0. The number of fused-ring (bicyclic) bond motifs is 7. The van der Waals surface area contributed by atoms with E-state index in [1.807, 2.05) is 60.8 Å². The second kappa shape index (κ2) is 12.1. The standard InChI is InChI=1S/C49H29N3O2/c1-2-11-30(12-3-1)49-51-43(29-44(52-49)40-17-8-16-39-37-13-4-7-21-46(37)54-48(39)40)34-26-32(25-33(27-34)35-15-9-19-42-36(35)18-10-24-50-42)31-22-23-47-41(28-31)38-14-5-6-20-45(38)53-47/h1-29H. The van der Waals surface area contributed by atoms with Crippen molar-refractivity contribution in [3.05, 3.63) is 176 Å². The first-order valence-corrected chi connectivity index (χ1v) is 18.0. The Morgan fingerprint density at radius 1 is 0.352 bits per heavy atom. The number of rotatable bonds is 5. The lowest BCUT2D eigenvalue weighted by Crippen LogP contribution is -1.97. The molecule has 0 fully saturated rings. The zero-order valence-corrected chi connectivity index (χ0v) is 28.9. The Kier molecular flexibility index (Phi) is 6.79. The highest BCUT2D eigenvalue weighted by molar-refractivity contribution is 6.10. The van der Waals surface area contributed by atoms with E-state index in [0.29, 0.717) is 5.82 Å². The lowest BCUT2D eigenvalue weighted by Gasteiger charge is -2.14. The molecule has 4 heterocycles. The number of nitrogens with zero attached hydrogens (tertiary/aromatic N) is 3. The Morgan fingerprint density at radius 2 is 1.02 bits per heavy atom. The summed E-state index contributed by atoms with van der Waals surface area (Å²) in [6.45, 7) is 0. The fourth-order valence-corrected chi connectivity index (χ4v) is 7.76. The Hall–Kier alpha value is -7.37. The second-order valence-electron chi connectivity index (χ2n) is 13.6. The van der Waals surface area contributed by atoms with Gasteiger partial charge in [0.1, 0.15) is 22.3 Å². The van der Waals surface area contributed by atoms with Crippen LogP contribution in [-0.4, -0.2) is 15.0 Å². The molecule has 0 spiro atoms. The summed E-state index contributed by atoms with van der Waals surface area (Å²) in [5.74, 6) is 0.642. The van der Waals surface area contributed by atoms with Gasteiger partial charge in [-0.25, -0.2) is 9.97 Å². The summed E-state index contributed by atoms with van der Waals surface area (Å²) in [4.78, 5) is 15.1. The summed E-state index contributed by atoms with van der Waals surface area (Å²) in [5.41, 5.74) is 13.1. The lowest BCUT2D eigenvalue weighted by molar-refractivity contribution is 0.669. The Labute approximate surface area is 309 Å². The Morgan fingerprint density at radius 3 is 1.91 bits per heavy atom. The first-order chi connectivity index (χ1) is 26.7. The first kappa shape index (κ1) is 30.3. The minimum absolute atomic E-state index is 0.642. The molecule has 0 N–H and O–H groups in total. The van der Waals surface area contributed by atoms with Crippen LogP contribution in [0.3, 0.4) is 0 Å². The highest BCUT2D eigenvalue weighted by Crippen LogP contribution is 2.40. The summed E-state index contributed by atoms with van der Waals surface area (Å²) >= 11 is 0. The summed E-state index contributed by atoms with van der Waals surface area (Å²) in [6.07, 6.45) is 1.84. The normalized spacial score (nSPS) is 11.7. The molecule has 11 aromatic rings. The van der Waals surface area contributed by atoms with E-state index in [1.54, 1.807) is 0 Å². The lowest BCUT2D eigenvalue weighted by atomic mass is 9.92. The van der Waals surface area contributed by atoms with Crippen LogP contribution in [0.1, 0.15) is 0 Å². The van der Waals surface area contributed by atoms with Crippen molar-refractivity contribution in [1.29, 1.82) is 0 Å². The van der Waals surface area contributed by atoms with Crippen LogP contribution in [0.5, 0.6) is 0 Å². The van der Waals surface area contributed by atoms with Crippen molar-refractivity contribution in [3.8, 4) is 56.2 Å². The molecule has 5 nitrogen and oxygen atoms in total. The number of hydrogen-bond donors (Lipinski definition) is 0. The fourth-order valence-electron chi connectivity index (χ4n) is 7.76. The third-order valence-corrected chi connectivity index (χ3v) is 10.3. The van der Waals surface area contributed by atoms with Crippen LogP contribution in [0.4, 0.5) is 0 Å². The van der Waals surface area contributed by atoms with E-state index >= 15 is 0 Å². The largest absolute Gasteiger partial charge is 0.456 e. The topological polar surface area (TPSA) is 65.0 Å². The molecule has 7 aromatic carbocycles. The van der Waals surface area contributed by atoms with Crippen molar-refractivity contribution in [1.82, 2.24) is 15.0 Å². The molecular weight excluding hydrogens is 663 g/mol. The summed E-state index contributed by atoms with van der Waals surface area (Å²) in [5, 5.41) is 5.40. The Balaban J connectivity index is 1.17. The Bertz CT molecular complexity index is 3230. The van der Waals surface area contributed by atoms with Gasteiger partial charge in [-0.05, 0) is 89.0 Å². The van der Waals surface area contributed by atoms with Gasteiger partial charge in [0, 0.05) is 49.8 Å². The van der Waals surface area contributed by atoms with Gasteiger partial charge >= 0.3 is 0 Å². The molecule has 4 aromatic heterocycles. The number of aromatic nitrogens is 3. The zero-order chi connectivity index (χ0) is 35.6. The third kappa shape index (κ3) is 4.98. The molecule has 0 aliphatic carbocycles. The van der Waals surface area contributed by atoms with Gasteiger partial charge in [0.25, 0.3) is 0 Å². The van der Waals surface area contributed by atoms with Gasteiger partial charge in [0.15, 0.2) is 5.82 Å². The molecule has 0 bridgehead atoms. The number of pyridine rings is 1. The number of hydrogen-bond acceptors (Lipinski definition) is 5. The molecule has 11 rings (SSSR count). The van der Waals surface area contributed by atoms with Crippen molar-refractivity contribution < 1.29 is 8.83 Å². The van der Waals surface area contributed by atoms with Crippen molar-refractivity contribution in [3.63, 3.8) is 0 Å². The van der Waals surface area contributed by atoms with E-state index in [2.05, 4.69) is 120 Å². The second-order valence-corrected chi connectivity index (χ2v) is 13.6. The monoisotopic (exact) mass is 691 g/mol. The van der Waals surface area contributed by atoms with E-state index < -0.39 is 0 Å². The minimum Gasteiger partial charge on any atom is -0.456 e. The van der Waals surface area contributed by atoms with Gasteiger partial charge in [-0.1, -0.05) is 103 Å². The highest BCUT2D eigenvalue weighted by Gasteiger charge is 2.18. The minimum atomic E-state index is 0.642. The van der Waals surface area contributed by atoms with Gasteiger partial charge < -0.3 is 8.83 Å². The third-order valence-electron chi connectivity index (χ3n) is 10.3. The summed E-state index contributed by atoms with van der Waals surface area (Å²) in [7, 11) is 0. The SMILES string of the molecule is c1ccc(-c2nc(-c3cc(-c4ccc5oc6ccccc6c5c4)cc(-c4cccc5ncccc45)c3)cc(-c3cccc4c3oc3ccccc34)n2)cc1. The smallest absolute Gasteiger partial charge is 0.160 e. The zero-order valence-electron chi connectivity index (χ0n) is 28.9. The molecule has 0 saturated heterocycles. The maximum Gasteiger partial charge on any atom is 0.160 e. The van der Waals surface area contributed by atoms with Crippen LogP contribution in [0, 0.1) is 0 Å². The number of furan rings is 2. The molecule has 0 aliphatic rings. The van der Waals surface area contributed by atoms with Crippen LogP contribution in [0.25, 0.3) is 111 Å². The van der Waals surface area contributed by atoms with E-state index in [4.69, 9.17) is 18.8 Å². The van der Waals surface area contributed by atoms with Gasteiger partial charge in [0.05, 0.1) is 16.9 Å². The average molecular weight is 692 g/mol. The predicted octanol–water partition coefficient (Wildman–Crippen LogP) is 13.2. The number of benzene rings is 7. The highest BCUT2D eigenvalue weighted by atomic mass is 16.3. The molecule has 0 radical (unpaired) electrons. The molecule has 0 atom stereocenters. The van der Waals surface area contributed by atoms with Crippen LogP contribution >= 0.6 is 0 Å². The molecule has 0 amide bonds. The average Bonchev–Trinajstić information content (AvgIpc) is 3.82. The molecule has 252 valence electrons. The van der Waals surface area contributed by atoms with Crippen molar-refractivity contribution in [2.75, 3.05) is 0 Å². The molecule has 0 unspecified atom stereocenters. The van der Waals surface area contributed by atoms with Crippen molar-refractivity contribution in [2.45, 2.75) is 0 Å². The molecular formula is C49H29N3O2. The first-order valence-electron chi connectivity index (χ1n) is 18.0. The predicted molar refractivity (Wildman–Crippen MR) is 219 cm³/mol. The van der Waals surface area contributed by atoms with E-state index in [1.165, 1.54) is 0 Å². The maximum atomic E-state index is 6.51. The van der Waals surface area contributed by atoms with E-state index in [-0.39, 0.29) is 0 Å². The molecule has 0 saturated carbocycles. The van der Waals surface area contributed by atoms with Crippen molar-refractivity contribution >= 4 is 54.8 Å². The van der Waals surface area contributed by atoms with E-state index in [9.17, 15) is 0 Å². The van der Waals surface area contributed by atoms with Gasteiger partial charge in [-0.15, -0.1) is 0 Å². The van der Waals surface area contributed by atoms with Crippen molar-refractivity contribution in [2.24, 2.45) is 0 Å². The quantitative estimate of drug-likeness (QED) is 0.180. The van der Waals surface area contributed by atoms with Gasteiger partial charge in [-0.3, -0.25) is 4.98 Å². The molecule has 0 aliphatic heterocycles. The van der Waals surface area contributed by atoms with Crippen LogP contribution in [0.2, 0.25) is 0 Å². The van der Waals surface area contributed by atoms with E-state index in [0.717, 1.165) is 105 Å². The summed E-state index contributed by atoms with van der Waals surface area (Å²) in [6, 6.07) is 58.5. The van der Waals surface area contributed by atoms with Crippen LogP contribution < -0.4 is 0 Å². The molecule has 5 heteroatoms. The van der Waals surface area contributed by atoms with Gasteiger partial charge in [-0.2, -0.15) is 0 Å². The summed E-state index contributed by atoms with van der Waals surface area (Å²) < 4.78 is 12.7.